The van der Waals surface area contributed by atoms with E-state index in [1.807, 2.05) is 4.72 Å². The van der Waals surface area contributed by atoms with Gasteiger partial charge in [-0.1, -0.05) is 24.3 Å². The monoisotopic (exact) mass is 607 g/mol. The predicted molar refractivity (Wildman–Crippen MR) is 132 cm³/mol. The molecule has 4 rings (SSSR count). The smallest absolute Gasteiger partial charge is 0.283 e. The molecule has 2 fully saturated rings. The molecule has 1 saturated carbocycles. The molecular weight excluding hydrogens is 582 g/mol. The number of hydrogen-bond donors (Lipinski definition) is 2. The third-order valence-electron chi connectivity index (χ3n) is 6.96. The lowest BCUT2D eigenvalue weighted by atomic mass is 9.79. The van der Waals surface area contributed by atoms with Gasteiger partial charge in [0, 0.05) is 19.7 Å². The Hall–Kier alpha value is -2.06. The second kappa shape index (κ2) is 9.92. The van der Waals surface area contributed by atoms with Gasteiger partial charge in [-0.15, -0.1) is 0 Å². The van der Waals surface area contributed by atoms with Gasteiger partial charge in [-0.3, -0.25) is 4.79 Å². The maximum atomic E-state index is 15.6. The standard InChI is InChI=1S/C24H26BrF4N3O4S/c1-31(2)37(35,36)30-21-19(32(13-24(21,28)29)22(33)23(34)9-4-10-23)12-15-5-3-6-16(20(15)27)14-7-8-17(25)18(26)11-14/h3,5-8,11,19,21,30,34H,4,9-10,12-13H2,1-2H3/t19-,21+/m0/s1. The summed E-state index contributed by atoms with van der Waals surface area (Å²) in [7, 11) is -2.05. The fraction of sp³-hybridized carbons (Fsp3) is 0.458. The number of amides is 1. The SMILES string of the molecule is CN(C)S(=O)(=O)N[C@@H]1[C@H](Cc2cccc(-c3ccc(Br)c(F)c3)c2F)N(C(=O)C2(O)CCC2)CC1(F)F. The van der Waals surface area contributed by atoms with Gasteiger partial charge in [-0.2, -0.15) is 17.4 Å². The number of carbonyl (C=O) groups is 1. The number of alkyl halides is 2. The fourth-order valence-corrected chi connectivity index (χ4v) is 5.74. The van der Waals surface area contributed by atoms with Crippen LogP contribution in [0.4, 0.5) is 17.6 Å². The zero-order chi connectivity index (χ0) is 27.3. The van der Waals surface area contributed by atoms with E-state index < -0.39 is 64.3 Å². The first-order valence-corrected chi connectivity index (χ1v) is 13.7. The van der Waals surface area contributed by atoms with E-state index in [9.17, 15) is 22.7 Å². The van der Waals surface area contributed by atoms with E-state index in [1.54, 1.807) is 0 Å². The number of likely N-dealkylation sites (tertiary alicyclic amines) is 1. The van der Waals surface area contributed by atoms with Gasteiger partial charge in [0.2, 0.25) is 0 Å². The van der Waals surface area contributed by atoms with E-state index in [0.29, 0.717) is 10.7 Å². The van der Waals surface area contributed by atoms with Gasteiger partial charge in [-0.25, -0.2) is 17.6 Å². The third-order valence-corrected chi connectivity index (χ3v) is 9.11. The number of nitrogens with zero attached hydrogens (tertiary/aromatic N) is 2. The van der Waals surface area contributed by atoms with Crippen LogP contribution in [0.15, 0.2) is 40.9 Å². The van der Waals surface area contributed by atoms with E-state index in [2.05, 4.69) is 15.9 Å². The van der Waals surface area contributed by atoms with Crippen molar-refractivity contribution in [2.24, 2.45) is 0 Å². The van der Waals surface area contributed by atoms with Gasteiger partial charge in [-0.05, 0) is 64.9 Å². The van der Waals surface area contributed by atoms with Crippen molar-refractivity contribution >= 4 is 32.0 Å². The molecule has 1 saturated heterocycles. The molecule has 0 spiro atoms. The molecule has 1 aliphatic heterocycles. The first kappa shape index (κ1) is 28.0. The highest BCUT2D eigenvalue weighted by Gasteiger charge is 2.60. The van der Waals surface area contributed by atoms with E-state index in [1.165, 1.54) is 30.3 Å². The zero-order valence-corrected chi connectivity index (χ0v) is 22.4. The summed E-state index contributed by atoms with van der Waals surface area (Å²) in [5, 5.41) is 10.6. The Morgan fingerprint density at radius 3 is 2.46 bits per heavy atom. The van der Waals surface area contributed by atoms with Gasteiger partial charge in [0.1, 0.15) is 23.3 Å². The lowest BCUT2D eigenvalue weighted by Crippen LogP contribution is -2.58. The molecule has 0 unspecified atom stereocenters. The van der Waals surface area contributed by atoms with E-state index in [4.69, 9.17) is 0 Å². The molecule has 1 amide bonds. The van der Waals surface area contributed by atoms with Crippen molar-refractivity contribution < 1.29 is 35.9 Å². The summed E-state index contributed by atoms with van der Waals surface area (Å²) in [5.74, 6) is -6.08. The fourth-order valence-electron chi connectivity index (χ4n) is 4.63. The first-order chi connectivity index (χ1) is 17.2. The van der Waals surface area contributed by atoms with Crippen LogP contribution < -0.4 is 4.72 Å². The number of benzene rings is 2. The Morgan fingerprint density at radius 2 is 1.89 bits per heavy atom. The topological polar surface area (TPSA) is 90.0 Å². The van der Waals surface area contributed by atoms with Gasteiger partial charge in [0.25, 0.3) is 22.0 Å². The van der Waals surface area contributed by atoms with Crippen LogP contribution in [0.2, 0.25) is 0 Å². The zero-order valence-electron chi connectivity index (χ0n) is 20.0. The Bertz CT molecular complexity index is 1320. The Balaban J connectivity index is 1.75. The highest BCUT2D eigenvalue weighted by atomic mass is 79.9. The maximum absolute atomic E-state index is 15.6. The molecule has 2 N–H and O–H groups in total. The van der Waals surface area contributed by atoms with Crippen molar-refractivity contribution in [3.05, 3.63) is 58.1 Å². The summed E-state index contributed by atoms with van der Waals surface area (Å²) >= 11 is 3.03. The Morgan fingerprint density at radius 1 is 1.22 bits per heavy atom. The summed E-state index contributed by atoms with van der Waals surface area (Å²) in [4.78, 5) is 13.9. The lowest BCUT2D eigenvalue weighted by Gasteiger charge is -2.40. The molecular formula is C24H26BrF4N3O4S. The highest BCUT2D eigenvalue weighted by Crippen LogP contribution is 2.41. The molecule has 202 valence electrons. The summed E-state index contributed by atoms with van der Waals surface area (Å²) in [5.41, 5.74) is -1.68. The third kappa shape index (κ3) is 5.29. The average Bonchev–Trinajstić information content (AvgIpc) is 3.04. The summed E-state index contributed by atoms with van der Waals surface area (Å²) < 4.78 is 88.1. The van der Waals surface area contributed by atoms with Gasteiger partial charge in [0.05, 0.1) is 17.1 Å². The number of halogens is 5. The van der Waals surface area contributed by atoms with Crippen LogP contribution >= 0.6 is 15.9 Å². The summed E-state index contributed by atoms with van der Waals surface area (Å²) in [6.07, 6.45) is 0.242. The van der Waals surface area contributed by atoms with E-state index >= 15 is 13.2 Å². The van der Waals surface area contributed by atoms with Crippen LogP contribution in [0, 0.1) is 11.6 Å². The molecule has 0 radical (unpaired) electrons. The molecule has 37 heavy (non-hydrogen) atoms. The summed E-state index contributed by atoms with van der Waals surface area (Å²) in [6, 6.07) is 4.61. The highest BCUT2D eigenvalue weighted by molar-refractivity contribution is 9.10. The molecule has 1 heterocycles. The minimum absolute atomic E-state index is 0.00887. The summed E-state index contributed by atoms with van der Waals surface area (Å²) in [6.45, 7) is -1.14. The predicted octanol–water partition coefficient (Wildman–Crippen LogP) is 3.46. The molecule has 2 aliphatic rings. The maximum Gasteiger partial charge on any atom is 0.283 e. The molecule has 2 aromatic carbocycles. The number of hydrogen-bond acceptors (Lipinski definition) is 4. The quantitative estimate of drug-likeness (QED) is 0.472. The molecule has 0 bridgehead atoms. The molecule has 13 heteroatoms. The van der Waals surface area contributed by atoms with Crippen LogP contribution in [0.1, 0.15) is 24.8 Å². The Kier molecular flexibility index (Phi) is 7.49. The van der Waals surface area contributed by atoms with Crippen LogP contribution in [0.25, 0.3) is 11.1 Å². The molecule has 0 aromatic heterocycles. The lowest BCUT2D eigenvalue weighted by molar-refractivity contribution is -0.162. The number of aliphatic hydroxyl groups is 1. The molecule has 2 aromatic rings. The van der Waals surface area contributed by atoms with Crippen molar-refractivity contribution in [3.63, 3.8) is 0 Å². The van der Waals surface area contributed by atoms with Crippen molar-refractivity contribution in [1.82, 2.24) is 13.9 Å². The second-order valence-electron chi connectivity index (χ2n) is 9.64. The molecule has 2 atom stereocenters. The minimum atomic E-state index is -4.36. The number of nitrogens with one attached hydrogen (secondary N) is 1. The van der Waals surface area contributed by atoms with Crippen molar-refractivity contribution in [3.8, 4) is 11.1 Å². The van der Waals surface area contributed by atoms with E-state index in [-0.39, 0.29) is 34.0 Å². The first-order valence-electron chi connectivity index (χ1n) is 11.5. The minimum Gasteiger partial charge on any atom is -0.380 e. The average molecular weight is 608 g/mol. The van der Waals surface area contributed by atoms with Crippen LogP contribution in [0.3, 0.4) is 0 Å². The van der Waals surface area contributed by atoms with Gasteiger partial charge in [0.15, 0.2) is 0 Å². The number of carbonyl (C=O) groups excluding carboxylic acids is 1. The number of rotatable bonds is 7. The van der Waals surface area contributed by atoms with Crippen LogP contribution in [-0.2, 0) is 21.4 Å². The van der Waals surface area contributed by atoms with Gasteiger partial charge >= 0.3 is 0 Å². The van der Waals surface area contributed by atoms with Crippen molar-refractivity contribution in [2.75, 3.05) is 20.6 Å². The van der Waals surface area contributed by atoms with Crippen molar-refractivity contribution in [1.29, 1.82) is 0 Å². The Labute approximate surface area is 220 Å². The molecule has 1 aliphatic carbocycles. The van der Waals surface area contributed by atoms with E-state index in [0.717, 1.165) is 25.1 Å². The largest absolute Gasteiger partial charge is 0.380 e. The van der Waals surface area contributed by atoms with Crippen LogP contribution in [-0.4, -0.2) is 72.9 Å². The van der Waals surface area contributed by atoms with Gasteiger partial charge < -0.3 is 10.0 Å². The van der Waals surface area contributed by atoms with Crippen molar-refractivity contribution in [2.45, 2.75) is 49.3 Å². The molecule has 7 nitrogen and oxygen atoms in total. The normalized spacial score (nSPS) is 22.8. The second-order valence-corrected chi connectivity index (χ2v) is 12.4. The van der Waals surface area contributed by atoms with Crippen LogP contribution in [0.5, 0.6) is 0 Å².